The number of rotatable bonds is 6. The van der Waals surface area contributed by atoms with Crippen molar-refractivity contribution in [3.63, 3.8) is 0 Å². The zero-order chi connectivity index (χ0) is 22.5. The van der Waals surface area contributed by atoms with Crippen LogP contribution in [0.15, 0.2) is 54.2 Å². The van der Waals surface area contributed by atoms with Crippen LogP contribution in [-0.4, -0.2) is 57.8 Å². The van der Waals surface area contributed by atoms with E-state index in [0.717, 1.165) is 17.7 Å². The lowest BCUT2D eigenvalue weighted by molar-refractivity contribution is -0.134. The maximum absolute atomic E-state index is 13.3. The summed E-state index contributed by atoms with van der Waals surface area (Å²) in [5.74, 6) is -0.319. The SMILES string of the molecule is CCCN1CCN(C(=O)c2cnc(C)cn2)C[C@@H](Cc2ccc(-c3cccs3)cc2)C1=O. The van der Waals surface area contributed by atoms with Crippen molar-refractivity contribution in [1.29, 1.82) is 0 Å². The van der Waals surface area contributed by atoms with Crippen LogP contribution >= 0.6 is 11.3 Å². The number of thiophene rings is 1. The van der Waals surface area contributed by atoms with Gasteiger partial charge in [-0.05, 0) is 42.3 Å². The maximum Gasteiger partial charge on any atom is 0.274 e. The van der Waals surface area contributed by atoms with Gasteiger partial charge in [0.1, 0.15) is 5.69 Å². The molecule has 2 aromatic heterocycles. The number of aromatic nitrogens is 2. The lowest BCUT2D eigenvalue weighted by atomic mass is 9.96. The van der Waals surface area contributed by atoms with Crippen molar-refractivity contribution in [3.05, 3.63) is 71.1 Å². The smallest absolute Gasteiger partial charge is 0.274 e. The molecule has 3 aromatic rings. The molecule has 0 aliphatic carbocycles. The van der Waals surface area contributed by atoms with E-state index in [1.807, 2.05) is 17.9 Å². The molecule has 4 rings (SSSR count). The van der Waals surface area contributed by atoms with Crippen LogP contribution in [0.1, 0.15) is 35.1 Å². The second-order valence-electron chi connectivity index (χ2n) is 8.19. The molecule has 0 N–H and O–H groups in total. The van der Waals surface area contributed by atoms with E-state index < -0.39 is 0 Å². The summed E-state index contributed by atoms with van der Waals surface area (Å²) < 4.78 is 0. The summed E-state index contributed by atoms with van der Waals surface area (Å²) in [5.41, 5.74) is 3.37. The standard InChI is InChI=1S/C25H28N4O2S/c1-3-10-28-11-12-29(25(31)22-16-26-18(2)15-27-22)17-21(24(28)30)14-19-6-8-20(9-7-19)23-5-4-13-32-23/h4-9,13,15-16,21H,3,10-12,14,17H2,1-2H3/t21-/m1/s1. The average Bonchev–Trinajstić information content (AvgIpc) is 3.30. The fourth-order valence-electron chi connectivity index (χ4n) is 4.07. The predicted molar refractivity (Wildman–Crippen MR) is 126 cm³/mol. The Morgan fingerprint density at radius 1 is 1.12 bits per heavy atom. The van der Waals surface area contributed by atoms with Crippen molar-refractivity contribution in [2.45, 2.75) is 26.7 Å². The first-order valence-corrected chi connectivity index (χ1v) is 11.9. The molecule has 1 aliphatic heterocycles. The number of carbonyl (C=O) groups excluding carboxylic acids is 2. The highest BCUT2D eigenvalue weighted by Crippen LogP contribution is 2.26. The van der Waals surface area contributed by atoms with Gasteiger partial charge in [0.15, 0.2) is 0 Å². The molecule has 0 saturated carbocycles. The minimum atomic E-state index is -0.279. The molecule has 1 aliphatic rings. The Balaban J connectivity index is 1.53. The largest absolute Gasteiger partial charge is 0.341 e. The van der Waals surface area contributed by atoms with Gasteiger partial charge in [-0.15, -0.1) is 11.3 Å². The monoisotopic (exact) mass is 448 g/mol. The van der Waals surface area contributed by atoms with Gasteiger partial charge in [-0.3, -0.25) is 14.6 Å². The first kappa shape index (κ1) is 22.1. The summed E-state index contributed by atoms with van der Waals surface area (Å²) in [5, 5.41) is 2.07. The number of benzene rings is 1. The number of amides is 2. The minimum Gasteiger partial charge on any atom is -0.341 e. The Morgan fingerprint density at radius 3 is 2.59 bits per heavy atom. The van der Waals surface area contributed by atoms with Crippen molar-refractivity contribution in [3.8, 4) is 10.4 Å². The van der Waals surface area contributed by atoms with Crippen LogP contribution in [0.3, 0.4) is 0 Å². The fraction of sp³-hybridized carbons (Fsp3) is 0.360. The molecule has 6 nitrogen and oxygen atoms in total. The van der Waals surface area contributed by atoms with Crippen LogP contribution in [0.2, 0.25) is 0 Å². The first-order valence-electron chi connectivity index (χ1n) is 11.0. The summed E-state index contributed by atoms with van der Waals surface area (Å²) >= 11 is 1.71. The Kier molecular flexibility index (Phi) is 6.95. The Labute approximate surface area is 192 Å². The van der Waals surface area contributed by atoms with Crippen molar-refractivity contribution in [1.82, 2.24) is 19.8 Å². The molecule has 1 atom stereocenters. The third kappa shape index (κ3) is 5.05. The molecule has 3 heterocycles. The van der Waals surface area contributed by atoms with Gasteiger partial charge < -0.3 is 9.80 Å². The molecule has 7 heteroatoms. The van der Waals surface area contributed by atoms with E-state index in [1.165, 1.54) is 16.6 Å². The van der Waals surface area contributed by atoms with Gasteiger partial charge in [0, 0.05) is 37.3 Å². The summed E-state index contributed by atoms with van der Waals surface area (Å²) in [6.07, 6.45) is 4.62. The van der Waals surface area contributed by atoms with Crippen molar-refractivity contribution < 1.29 is 9.59 Å². The van der Waals surface area contributed by atoms with Gasteiger partial charge in [-0.2, -0.15) is 0 Å². The zero-order valence-electron chi connectivity index (χ0n) is 18.5. The molecule has 2 amide bonds. The van der Waals surface area contributed by atoms with Crippen LogP contribution in [0.25, 0.3) is 10.4 Å². The minimum absolute atomic E-state index is 0.125. The summed E-state index contributed by atoms with van der Waals surface area (Å²) in [4.78, 5) is 39.8. The molecule has 0 spiro atoms. The molecule has 1 aromatic carbocycles. The fourth-order valence-corrected chi connectivity index (χ4v) is 4.80. The number of aryl methyl sites for hydroxylation is 1. The van der Waals surface area contributed by atoms with E-state index in [1.54, 1.807) is 22.4 Å². The average molecular weight is 449 g/mol. The Bertz CT molecular complexity index is 1050. The maximum atomic E-state index is 13.3. The summed E-state index contributed by atoms with van der Waals surface area (Å²) in [6, 6.07) is 12.6. The van der Waals surface area contributed by atoms with Crippen molar-refractivity contribution in [2.24, 2.45) is 5.92 Å². The molecular formula is C25H28N4O2S. The van der Waals surface area contributed by atoms with Crippen LogP contribution < -0.4 is 0 Å². The Hall–Kier alpha value is -3.06. The molecule has 1 fully saturated rings. The quantitative estimate of drug-likeness (QED) is 0.570. The van der Waals surface area contributed by atoms with E-state index in [0.29, 0.717) is 38.3 Å². The highest BCUT2D eigenvalue weighted by Gasteiger charge is 2.32. The van der Waals surface area contributed by atoms with E-state index in [4.69, 9.17) is 0 Å². The first-order chi connectivity index (χ1) is 15.5. The third-order valence-corrected chi connectivity index (χ3v) is 6.68. The predicted octanol–water partition coefficient (Wildman–Crippen LogP) is 4.07. The lowest BCUT2D eigenvalue weighted by Crippen LogP contribution is -2.38. The van der Waals surface area contributed by atoms with Crippen LogP contribution in [0.5, 0.6) is 0 Å². The lowest BCUT2D eigenvalue weighted by Gasteiger charge is -2.24. The third-order valence-electron chi connectivity index (χ3n) is 5.76. The molecule has 0 unspecified atom stereocenters. The van der Waals surface area contributed by atoms with Gasteiger partial charge in [-0.1, -0.05) is 37.3 Å². The topological polar surface area (TPSA) is 66.4 Å². The molecule has 0 bridgehead atoms. The number of hydrogen-bond acceptors (Lipinski definition) is 5. The van der Waals surface area contributed by atoms with Gasteiger partial charge in [0.2, 0.25) is 5.91 Å². The number of carbonyl (C=O) groups is 2. The van der Waals surface area contributed by atoms with Crippen molar-refractivity contribution >= 4 is 23.2 Å². The number of nitrogens with zero attached hydrogens (tertiary/aromatic N) is 4. The second kappa shape index (κ2) is 10.0. The van der Waals surface area contributed by atoms with E-state index >= 15 is 0 Å². The Morgan fingerprint density at radius 2 is 1.94 bits per heavy atom. The normalized spacial score (nSPS) is 16.8. The van der Waals surface area contributed by atoms with Crippen LogP contribution in [0, 0.1) is 12.8 Å². The number of hydrogen-bond donors (Lipinski definition) is 0. The molecular weight excluding hydrogens is 420 g/mol. The van der Waals surface area contributed by atoms with Gasteiger partial charge in [0.25, 0.3) is 5.91 Å². The van der Waals surface area contributed by atoms with Crippen LogP contribution in [0.4, 0.5) is 0 Å². The van der Waals surface area contributed by atoms with Gasteiger partial charge >= 0.3 is 0 Å². The van der Waals surface area contributed by atoms with Crippen molar-refractivity contribution in [2.75, 3.05) is 26.2 Å². The molecule has 166 valence electrons. The molecule has 32 heavy (non-hydrogen) atoms. The van der Waals surface area contributed by atoms with E-state index in [-0.39, 0.29) is 17.7 Å². The highest BCUT2D eigenvalue weighted by atomic mass is 32.1. The van der Waals surface area contributed by atoms with Gasteiger partial charge in [0.05, 0.1) is 17.8 Å². The second-order valence-corrected chi connectivity index (χ2v) is 9.14. The summed E-state index contributed by atoms with van der Waals surface area (Å²) in [7, 11) is 0. The van der Waals surface area contributed by atoms with E-state index in [2.05, 4.69) is 52.6 Å². The van der Waals surface area contributed by atoms with E-state index in [9.17, 15) is 9.59 Å². The van der Waals surface area contributed by atoms with Gasteiger partial charge in [-0.25, -0.2) is 4.98 Å². The van der Waals surface area contributed by atoms with Crippen LogP contribution in [-0.2, 0) is 11.2 Å². The highest BCUT2D eigenvalue weighted by molar-refractivity contribution is 7.13. The zero-order valence-corrected chi connectivity index (χ0v) is 19.3. The summed E-state index contributed by atoms with van der Waals surface area (Å²) in [6.45, 7) is 6.06. The molecule has 0 radical (unpaired) electrons. The molecule has 1 saturated heterocycles.